The number of alkyl halides is 12. The summed E-state index contributed by atoms with van der Waals surface area (Å²) < 4.78 is 136. The second-order valence-electron chi connectivity index (χ2n) is 19.4. The Balaban J connectivity index is 0.00000313. The lowest BCUT2D eigenvalue weighted by Gasteiger charge is -2.31. The summed E-state index contributed by atoms with van der Waals surface area (Å²) in [4.78, 5) is 143. The summed E-state index contributed by atoms with van der Waals surface area (Å²) in [5, 5.41) is 68.0. The zero-order valence-corrected chi connectivity index (χ0v) is 47.1. The Morgan fingerprint density at radius 1 is 0.730 bits per heavy atom. The van der Waals surface area contributed by atoms with Crippen molar-refractivity contribution in [3.63, 3.8) is 0 Å². The van der Waals surface area contributed by atoms with Crippen LogP contribution in [0.5, 0.6) is 5.75 Å². The molecule has 41 heteroatoms. The van der Waals surface area contributed by atoms with Gasteiger partial charge in [0.25, 0.3) is 5.91 Å². The molecule has 1 fully saturated rings. The van der Waals surface area contributed by atoms with Crippen molar-refractivity contribution < 1.29 is 152 Å². The summed E-state index contributed by atoms with van der Waals surface area (Å²) in [7, 11) is 0. The van der Waals surface area contributed by atoms with Crippen LogP contribution in [0.3, 0.4) is 0 Å². The number of nitrogens with zero attached hydrogens (tertiary/aromatic N) is 1. The number of carbonyl (C=O) groups excluding carboxylic acids is 9. The van der Waals surface area contributed by atoms with E-state index < -0.39 is 168 Å². The van der Waals surface area contributed by atoms with Gasteiger partial charge in [0.1, 0.15) is 78.2 Å². The molecule has 6 amide bonds. The van der Waals surface area contributed by atoms with Crippen LogP contribution in [-0.4, -0.2) is 170 Å². The number of nitrogens with two attached hydrogens (primary N) is 2. The summed E-state index contributed by atoms with van der Waals surface area (Å²) in [6.07, 6.45) is -18.1. The summed E-state index contributed by atoms with van der Waals surface area (Å²) in [6, 6.07) is -7.41. The molecule has 1 aromatic carbocycles. The van der Waals surface area contributed by atoms with Gasteiger partial charge < -0.3 is 82.2 Å². The van der Waals surface area contributed by atoms with E-state index in [-0.39, 0.29) is 56.7 Å². The molecule has 1 aromatic heterocycles. The molecule has 0 radical (unpaired) electrons. The highest BCUT2D eigenvalue weighted by Gasteiger charge is 2.41. The second-order valence-corrected chi connectivity index (χ2v) is 19.4. The number of nitrogens with one attached hydrogen (secondary N) is 8. The third kappa shape index (κ3) is 29.4. The van der Waals surface area contributed by atoms with Gasteiger partial charge in [-0.1, -0.05) is 40.2 Å². The van der Waals surface area contributed by atoms with Crippen molar-refractivity contribution in [1.82, 2.24) is 36.5 Å². The Kier molecular flexibility index (Phi) is 31.9. The molecule has 0 bridgehead atoms. The fourth-order valence-electron chi connectivity index (χ4n) is 7.39. The lowest BCUT2D eigenvalue weighted by molar-refractivity contribution is -0.459. The minimum Gasteiger partial charge on any atom is -0.542 e. The van der Waals surface area contributed by atoms with Gasteiger partial charge in [-0.05, 0) is 55.2 Å². The summed E-state index contributed by atoms with van der Waals surface area (Å²) in [5.41, 5.74) is 13.3. The van der Waals surface area contributed by atoms with E-state index in [1.807, 2.05) is 0 Å². The Hall–Kier alpha value is -9.21. The molecule has 3 rings (SSSR count). The number of carboxylic acid groups (broad SMARTS) is 5. The molecule has 0 spiro atoms. The van der Waals surface area contributed by atoms with Crippen LogP contribution in [0.15, 0.2) is 30.7 Å². The quantitative estimate of drug-likeness (QED) is 0.0190. The van der Waals surface area contributed by atoms with Crippen LogP contribution >= 0.6 is 0 Å². The molecule has 1 aliphatic heterocycles. The van der Waals surface area contributed by atoms with Crippen LogP contribution < -0.4 is 69.1 Å². The lowest BCUT2D eigenvalue weighted by Crippen LogP contribution is -2.78. The number of rotatable bonds is 25. The van der Waals surface area contributed by atoms with Gasteiger partial charge in [-0.2, -0.15) is 52.7 Å². The van der Waals surface area contributed by atoms with E-state index in [9.17, 15) is 101 Å². The maximum Gasteiger partial charge on any atom is 0.430 e. The first-order chi connectivity index (χ1) is 40.7. The minimum atomic E-state index is -5.19. The van der Waals surface area contributed by atoms with E-state index >= 15 is 0 Å². The Bertz CT molecular complexity index is 2720. The second kappa shape index (κ2) is 35.6. The normalized spacial score (nSPS) is 15.5. The largest absolute Gasteiger partial charge is 0.542 e. The number of carboxylic acids is 5. The minimum absolute atomic E-state index is 0.0787. The highest BCUT2D eigenvalue weighted by Crippen LogP contribution is 2.36. The number of aromatic amines is 2. The van der Waals surface area contributed by atoms with Crippen molar-refractivity contribution in [1.29, 1.82) is 0 Å². The van der Waals surface area contributed by atoms with Crippen LogP contribution in [0, 0.1) is 11.8 Å². The number of guanidine groups is 1. The number of hydrogen-bond donors (Lipinski definition) is 13. The van der Waals surface area contributed by atoms with Gasteiger partial charge >= 0.3 is 42.6 Å². The molecular weight excluding hydrogens is 1240 g/mol. The van der Waals surface area contributed by atoms with Gasteiger partial charge in [-0.25, -0.2) is 9.78 Å². The van der Waals surface area contributed by atoms with Crippen molar-refractivity contribution in [2.24, 2.45) is 23.3 Å². The Morgan fingerprint density at radius 3 is 1.65 bits per heavy atom. The number of likely N-dealkylation sites (tertiary alicyclic amines) is 1. The number of H-pyrrole nitrogens is 2. The van der Waals surface area contributed by atoms with Crippen LogP contribution in [0.2, 0.25) is 0 Å². The first-order valence-electron chi connectivity index (χ1n) is 25.7. The van der Waals surface area contributed by atoms with Crippen LogP contribution in [0.4, 0.5) is 52.7 Å². The maximum absolute atomic E-state index is 14.4. The zero-order valence-electron chi connectivity index (χ0n) is 47.1. The molecule has 0 unspecified atom stereocenters. The molecule has 18 N–H and O–H groups in total. The maximum atomic E-state index is 14.4. The molecule has 1 aliphatic rings. The smallest absolute Gasteiger partial charge is 0.430 e. The molecular formula is C48H64F12N12O17. The molecule has 29 nitrogen and oxygen atoms in total. The first kappa shape index (κ1) is 79.8. The van der Waals surface area contributed by atoms with Gasteiger partial charge in [-0.15, -0.1) is 0 Å². The Labute approximate surface area is 494 Å². The number of phenols is 1. The van der Waals surface area contributed by atoms with E-state index in [1.165, 1.54) is 26.4 Å². The van der Waals surface area contributed by atoms with Gasteiger partial charge in [0.2, 0.25) is 35.9 Å². The van der Waals surface area contributed by atoms with E-state index in [0.717, 1.165) is 17.0 Å². The van der Waals surface area contributed by atoms with Crippen molar-refractivity contribution in [3.8, 4) is 5.75 Å². The molecule has 8 atom stereocenters. The zero-order chi connectivity index (χ0) is 69.3. The number of phenolic OH excluding ortho intramolecular Hbond substituents is 1. The molecule has 89 heavy (non-hydrogen) atoms. The monoisotopic (exact) mass is 1310 g/mol. The number of aliphatic carboxylic acids is 5. The number of aromatic nitrogens is 2. The predicted molar refractivity (Wildman–Crippen MR) is 265 cm³/mol. The number of halogens is 12. The van der Waals surface area contributed by atoms with Crippen molar-refractivity contribution in [3.05, 3.63) is 47.5 Å². The number of quaternary nitrogens is 1. The summed E-state index contributed by atoms with van der Waals surface area (Å²) in [5.74, 6) is -19.7. The fraction of sp³-hybridized carbons (Fsp3) is 0.562. The molecule has 502 valence electrons. The summed E-state index contributed by atoms with van der Waals surface area (Å²) in [6.45, 7) is 6.60. The van der Waals surface area contributed by atoms with Crippen LogP contribution in [-0.2, 0) is 71.8 Å². The first-order valence-corrected chi connectivity index (χ1v) is 25.7. The van der Waals surface area contributed by atoms with Gasteiger partial charge in [0.05, 0.1) is 12.1 Å². The molecule has 0 saturated carbocycles. The van der Waals surface area contributed by atoms with E-state index in [1.54, 1.807) is 13.8 Å². The number of aromatic hydroxyl groups is 1. The summed E-state index contributed by atoms with van der Waals surface area (Å²) >= 11 is 0. The van der Waals surface area contributed by atoms with E-state index in [2.05, 4.69) is 47.3 Å². The fourth-order valence-corrected chi connectivity index (χ4v) is 7.39. The molecule has 2 aromatic rings. The molecule has 0 aliphatic carbocycles. The van der Waals surface area contributed by atoms with E-state index in [4.69, 9.17) is 46.3 Å². The van der Waals surface area contributed by atoms with Gasteiger partial charge in [0, 0.05) is 19.4 Å². The number of carbonyl (C=O) groups is 11. The molecule has 2 heterocycles. The van der Waals surface area contributed by atoms with Gasteiger partial charge in [0.15, 0.2) is 6.04 Å². The number of imidazole rings is 1. The average molecular weight is 1310 g/mol. The van der Waals surface area contributed by atoms with Gasteiger partial charge in [-0.3, -0.25) is 55.0 Å². The van der Waals surface area contributed by atoms with Crippen molar-refractivity contribution in [2.45, 2.75) is 146 Å². The van der Waals surface area contributed by atoms with E-state index in [0.29, 0.717) is 18.2 Å². The Morgan fingerprint density at radius 2 is 1.21 bits per heavy atom. The number of amides is 6. The topological polar surface area (TPSA) is 505 Å². The average Bonchev–Trinajstić information content (AvgIpc) is 3.27. The molecule has 1 saturated heterocycles. The third-order valence-electron chi connectivity index (χ3n) is 12.1. The number of benzene rings is 1. The lowest BCUT2D eigenvalue weighted by atomic mass is 9.95. The standard InChI is InChI=1S/C42H61F3N12O11.3C2HF3O2/c1-5-21(4)33(38(65)54-28(16-23-18-49-19-51-23)39(66)57-13-7-9-29(57)40(67)68)56-36(63)27(15-22-10-11-30(58)24(14-22)42(43,44)45)53-37(64)32(20(2)3)55-35(62)26(8-6-12-50-41(47)48)52-34(61)25(46)17-31(59)60;3*3-2(4,5)1(6)7/h10-11,14,18-21,25-29,32-33,58H,5-9,12-13,15-17,46H2,1-4H3,(H,49,51)(H,52,61)(H,53,64)(H,54,65)(H,55,62)(H,56,63)(H,59,60)(H,67,68)(H4,47,48,50);3*(H,6,7)/t21-,25-,26-,27-,28-,29-,32-,33-;;;/m0.../s1. The third-order valence-corrected chi connectivity index (χ3v) is 12.1. The number of hydrogen-bond acceptors (Lipinski definition) is 15. The predicted octanol–water partition coefficient (Wildman–Crippen LogP) is -6.34. The highest BCUT2D eigenvalue weighted by atomic mass is 19.4. The van der Waals surface area contributed by atoms with Crippen molar-refractivity contribution in [2.75, 3.05) is 13.1 Å². The van der Waals surface area contributed by atoms with Crippen LogP contribution in [0.1, 0.15) is 83.0 Å². The highest BCUT2D eigenvalue weighted by molar-refractivity contribution is 5.97. The SMILES string of the molecule is CC[C@H](C)[C@H](NC(=O)[C@H](Cc1ccc(O)c(C(F)(F)F)c1)NC(=O)[C@@H](NC(=O)[C@H](CCC[NH+]=C(N)N)NC(=O)[C@@H]([NH3+])CC(=O)O)C(C)C)C(=O)N[C@@H](Cc1c[nH+]c[nH]1)C(=O)N1CCC[C@H]1C(=O)O.O=C([O-])C(F)(F)F.O=C([O-])C(F)(F)F.O=C([O-])C(F)(F)F. The van der Waals surface area contributed by atoms with Crippen LogP contribution in [0.25, 0.3) is 0 Å². The van der Waals surface area contributed by atoms with Crippen molar-refractivity contribution >= 4 is 71.2 Å².